The SMILES string of the molecule is C=c1s/c(=C2\C(=O)N(CC(=O)OCc3ccc(C(F)(F)F)cc3)c3ccc(Cl)cc32)c(=O)n1CCC(=O)O.C=c1s/c(=C2\C(=O)N(CC(=O)OCc3cccc(C)c3)c3ccc(Cl)cc32)c(=O)n1CCC(=O)O.Cc1cccc(COC(=O)CN2C(=O)/C(=C3\SC(=S)N(CCC(=O)O)C3=O)c3cc(Cl)ccc32)c1. The number of amides is 4. The number of esters is 3. The molecule has 1 fully saturated rings. The molecule has 3 N–H and O–H groups in total. The predicted octanol–water partition coefficient (Wildman–Crippen LogP) is 8.59. The number of carbonyl (C=O) groups excluding carboxylic acids is 7. The Balaban J connectivity index is 0.000000173. The minimum atomic E-state index is -4.49. The second-order valence-electron chi connectivity index (χ2n) is 24.1. The van der Waals surface area contributed by atoms with Crippen molar-refractivity contribution in [2.75, 3.05) is 40.9 Å². The molecule has 108 heavy (non-hydrogen) atoms. The van der Waals surface area contributed by atoms with E-state index in [9.17, 15) is 70.7 Å². The van der Waals surface area contributed by atoms with Crippen molar-refractivity contribution < 1.29 is 90.6 Å². The third kappa shape index (κ3) is 18.4. The van der Waals surface area contributed by atoms with E-state index in [4.69, 9.17) is 76.6 Å². The molecule has 0 atom stereocenters. The first-order chi connectivity index (χ1) is 51.2. The smallest absolute Gasteiger partial charge is 0.416 e. The molecule has 0 aliphatic carbocycles. The Morgan fingerprint density at radius 1 is 0.472 bits per heavy atom. The maximum absolute atomic E-state index is 13.4. The van der Waals surface area contributed by atoms with E-state index in [1.807, 2.05) is 62.4 Å². The van der Waals surface area contributed by atoms with Crippen LogP contribution >= 0.6 is 81.5 Å². The summed E-state index contributed by atoms with van der Waals surface area (Å²) in [5.74, 6) is -7.61. The topological polar surface area (TPSA) is 316 Å². The molecule has 24 nitrogen and oxygen atoms in total. The number of halogens is 6. The number of thiazole rings is 2. The summed E-state index contributed by atoms with van der Waals surface area (Å²) in [4.78, 5) is 155. The number of hydrogen-bond acceptors (Lipinski definition) is 19. The lowest BCUT2D eigenvalue weighted by atomic mass is 10.1. The van der Waals surface area contributed by atoms with E-state index in [0.29, 0.717) is 54.0 Å². The minimum absolute atomic E-state index is 0.00739. The summed E-state index contributed by atoms with van der Waals surface area (Å²) >= 11 is 26.6. The molecule has 2 aromatic heterocycles. The number of ether oxygens (including phenoxy) is 3. The van der Waals surface area contributed by atoms with Gasteiger partial charge in [0.1, 0.15) is 52.8 Å². The zero-order valence-corrected chi connectivity index (χ0v) is 62.1. The van der Waals surface area contributed by atoms with Crippen molar-refractivity contribution >= 4 is 192 Å². The van der Waals surface area contributed by atoms with Crippen LogP contribution in [0.25, 0.3) is 29.9 Å². The lowest BCUT2D eigenvalue weighted by molar-refractivity contribution is -0.144. The van der Waals surface area contributed by atoms with Crippen LogP contribution in [0.1, 0.15) is 69.3 Å². The molecular weight excluding hydrogens is 1550 g/mol. The highest BCUT2D eigenvalue weighted by molar-refractivity contribution is 8.26. The maximum atomic E-state index is 13.4. The van der Waals surface area contributed by atoms with Crippen LogP contribution in [0.4, 0.5) is 30.2 Å². The van der Waals surface area contributed by atoms with Gasteiger partial charge in [0, 0.05) is 51.4 Å². The number of carboxylic acid groups (broad SMARTS) is 3. The summed E-state index contributed by atoms with van der Waals surface area (Å²) in [6, 6.07) is 33.2. The molecule has 0 saturated carbocycles. The molecule has 6 aromatic carbocycles. The average molecular weight is 1610 g/mol. The van der Waals surface area contributed by atoms with Crippen LogP contribution in [0.2, 0.25) is 15.1 Å². The normalized spacial score (nSPS) is 15.3. The lowest BCUT2D eigenvalue weighted by Gasteiger charge is -2.16. The first-order valence-corrected chi connectivity index (χ1v) is 36.1. The van der Waals surface area contributed by atoms with E-state index < -0.39 is 88.8 Å². The predicted molar refractivity (Wildman–Crippen MR) is 402 cm³/mol. The highest BCUT2D eigenvalue weighted by atomic mass is 35.5. The van der Waals surface area contributed by atoms with Crippen LogP contribution < -0.4 is 44.2 Å². The molecule has 0 spiro atoms. The van der Waals surface area contributed by atoms with Crippen molar-refractivity contribution in [3.8, 4) is 0 Å². The largest absolute Gasteiger partial charge is 0.481 e. The third-order valence-electron chi connectivity index (χ3n) is 16.5. The number of thioether (sulfide) groups is 1. The Labute approximate surface area is 642 Å². The number of alkyl halides is 3. The number of rotatable bonds is 21. The second-order valence-corrected chi connectivity index (χ2v) is 29.2. The number of hydrogen-bond donors (Lipinski definition) is 3. The van der Waals surface area contributed by atoms with Gasteiger partial charge in [-0.2, -0.15) is 13.2 Å². The fourth-order valence-corrected chi connectivity index (χ4v) is 15.4. The molecule has 1 saturated heterocycles. The number of nitrogens with zero attached hydrogens (tertiary/aromatic N) is 6. The summed E-state index contributed by atoms with van der Waals surface area (Å²) in [7, 11) is 0. The van der Waals surface area contributed by atoms with Crippen LogP contribution in [0.15, 0.2) is 142 Å². The Kier molecular flexibility index (Phi) is 25.1. The number of benzene rings is 6. The van der Waals surface area contributed by atoms with E-state index in [1.165, 1.54) is 49.3 Å². The molecule has 6 heterocycles. The highest BCUT2D eigenvalue weighted by Gasteiger charge is 2.44. The van der Waals surface area contributed by atoms with E-state index in [2.05, 4.69) is 13.2 Å². The molecular formula is C74H58Cl3F3N6O18S4. The van der Waals surface area contributed by atoms with Crippen LogP contribution in [0, 0.1) is 13.8 Å². The monoisotopic (exact) mass is 1610 g/mol. The van der Waals surface area contributed by atoms with Crippen molar-refractivity contribution in [2.45, 2.75) is 72.2 Å². The number of thiocarbonyl (C=S) groups is 1. The van der Waals surface area contributed by atoms with Gasteiger partial charge in [0.25, 0.3) is 34.7 Å². The number of aromatic nitrogens is 2. The van der Waals surface area contributed by atoms with Gasteiger partial charge in [-0.25, -0.2) is 0 Å². The summed E-state index contributed by atoms with van der Waals surface area (Å²) in [6.45, 7) is 9.74. The quantitative estimate of drug-likeness (QED) is 0.0262. The molecule has 12 rings (SSSR count). The van der Waals surface area contributed by atoms with Crippen LogP contribution in [0.3, 0.4) is 0 Å². The van der Waals surface area contributed by atoms with Gasteiger partial charge in [-0.1, -0.05) is 144 Å². The lowest BCUT2D eigenvalue weighted by Crippen LogP contribution is -2.37. The Morgan fingerprint density at radius 3 is 1.20 bits per heavy atom. The number of aryl methyl sites for hydroxylation is 2. The first kappa shape index (κ1) is 79.8. The standard InChI is InChI=1S/C25H18ClF3N2O6S.C25H21ClN2O6S.C24H19ClN2O6S2/c1-13-30(9-8-19(32)33)24(36)22(38-13)21-17-10-16(26)6-7-18(17)31(23(21)35)11-20(34)37-12-14-2-4-15(5-3-14)25(27,28)29;1-14-4-3-5-16(10-14)13-34-21(31)12-28-19-7-6-17(26)11-18(19)22(24(28)32)23-25(33)27(15(2)35-23)9-8-20(29)30;1-13-3-2-4-14(9-13)12-33-19(30)11-27-17-6-5-15(25)10-16(17)20(22(27)31)21-23(32)26(24(34)35-21)8-7-18(28)29/h2-7,10H,1,8-9,11-12H2,(H,32,33);3-7,10-11H,2,8-9,12-13H2,1H3,(H,29,30);2-6,9-10H,7-8,11-12H2,1H3,(H,28,29)/b22-21-;23-22-;21-20-. The van der Waals surface area contributed by atoms with Gasteiger partial charge in [-0.05, 0) is 97.3 Å². The summed E-state index contributed by atoms with van der Waals surface area (Å²) in [5, 5.41) is 27.9. The van der Waals surface area contributed by atoms with Gasteiger partial charge in [-0.3, -0.25) is 86.3 Å². The molecule has 4 aliphatic heterocycles. The third-order valence-corrected chi connectivity index (χ3v) is 20.8. The van der Waals surface area contributed by atoms with E-state index in [0.717, 1.165) is 78.6 Å². The van der Waals surface area contributed by atoms with Crippen molar-refractivity contribution in [1.29, 1.82) is 0 Å². The minimum Gasteiger partial charge on any atom is -0.481 e. The van der Waals surface area contributed by atoms with Crippen molar-refractivity contribution in [3.63, 3.8) is 0 Å². The molecule has 0 bridgehead atoms. The molecule has 34 heteroatoms. The molecule has 8 aromatic rings. The summed E-state index contributed by atoms with van der Waals surface area (Å²) in [6.07, 6.45) is -5.36. The molecule has 4 aliphatic rings. The van der Waals surface area contributed by atoms with Crippen molar-refractivity contribution in [3.05, 3.63) is 237 Å². The summed E-state index contributed by atoms with van der Waals surface area (Å²) in [5.41, 5.74) is 4.52. The maximum Gasteiger partial charge on any atom is 0.416 e. The number of fused-ring (bicyclic) bond motifs is 3. The average Bonchev–Trinajstić information content (AvgIpc) is 1.61. The molecule has 0 unspecified atom stereocenters. The van der Waals surface area contributed by atoms with Crippen LogP contribution in [-0.2, 0) is 101 Å². The fourth-order valence-electron chi connectivity index (χ4n) is 11.5. The van der Waals surface area contributed by atoms with Crippen LogP contribution in [0.5, 0.6) is 0 Å². The zero-order chi connectivity index (χ0) is 78.3. The number of anilines is 3. The molecule has 0 radical (unpaired) electrons. The number of carboxylic acids is 3. The van der Waals surface area contributed by atoms with Gasteiger partial charge in [0.2, 0.25) is 0 Å². The van der Waals surface area contributed by atoms with Gasteiger partial charge < -0.3 is 29.5 Å². The number of carbonyl (C=O) groups is 10. The van der Waals surface area contributed by atoms with Gasteiger partial charge >= 0.3 is 42.0 Å². The van der Waals surface area contributed by atoms with Crippen molar-refractivity contribution in [2.24, 2.45) is 0 Å². The summed E-state index contributed by atoms with van der Waals surface area (Å²) < 4.78 is 57.4. The van der Waals surface area contributed by atoms with E-state index in [-0.39, 0.29) is 117 Å². The second kappa shape index (κ2) is 34.0. The fraction of sp³-hybridized carbons (Fsp3) is 0.203. The van der Waals surface area contributed by atoms with Crippen molar-refractivity contribution in [1.82, 2.24) is 14.0 Å². The van der Waals surface area contributed by atoms with E-state index >= 15 is 0 Å². The first-order valence-electron chi connectivity index (χ1n) is 32.1. The Hall–Kier alpha value is -10.8. The zero-order valence-electron chi connectivity index (χ0n) is 56.6. The van der Waals surface area contributed by atoms with Crippen LogP contribution in [-0.4, -0.2) is 119 Å². The molecule has 558 valence electrons. The van der Waals surface area contributed by atoms with Gasteiger partial charge in [0.15, 0.2) is 0 Å². The molecule has 4 amide bonds. The Bertz CT molecular complexity index is 5510. The van der Waals surface area contributed by atoms with E-state index in [1.54, 1.807) is 36.4 Å². The number of aliphatic carboxylic acids is 3. The van der Waals surface area contributed by atoms with Gasteiger partial charge in [-0.15, -0.1) is 22.7 Å². The van der Waals surface area contributed by atoms with Gasteiger partial charge in [0.05, 0.1) is 72.8 Å². The highest BCUT2D eigenvalue weighted by Crippen LogP contribution is 2.46. The Morgan fingerprint density at radius 2 is 0.833 bits per heavy atom.